The second-order valence-corrected chi connectivity index (χ2v) is 6.78. The molecule has 4 heteroatoms. The molecular formula is C24H28N4. The molecule has 0 atom stereocenters. The highest BCUT2D eigenvalue weighted by atomic mass is 14.9. The number of nitrogens with zero attached hydrogens (tertiary/aromatic N) is 2. The molecule has 0 bridgehead atoms. The zero-order chi connectivity index (χ0) is 20.1. The van der Waals surface area contributed by atoms with Crippen LogP contribution in [0.25, 0.3) is 21.8 Å². The Morgan fingerprint density at radius 3 is 2.21 bits per heavy atom. The van der Waals surface area contributed by atoms with Crippen molar-refractivity contribution < 1.29 is 0 Å². The number of benzene rings is 2. The second kappa shape index (κ2) is 8.81. The highest BCUT2D eigenvalue weighted by Gasteiger charge is 2.09. The van der Waals surface area contributed by atoms with Gasteiger partial charge in [0.05, 0.1) is 5.52 Å². The van der Waals surface area contributed by atoms with Crippen molar-refractivity contribution in [2.45, 2.75) is 40.2 Å². The van der Waals surface area contributed by atoms with Crippen LogP contribution >= 0.6 is 0 Å². The number of pyridine rings is 2. The van der Waals surface area contributed by atoms with Gasteiger partial charge >= 0.3 is 0 Å². The van der Waals surface area contributed by atoms with Crippen molar-refractivity contribution in [2.24, 2.45) is 5.73 Å². The van der Waals surface area contributed by atoms with Gasteiger partial charge in [-0.1, -0.05) is 50.2 Å². The van der Waals surface area contributed by atoms with Gasteiger partial charge in [-0.15, -0.1) is 0 Å². The van der Waals surface area contributed by atoms with E-state index < -0.39 is 0 Å². The van der Waals surface area contributed by atoms with E-state index in [4.69, 9.17) is 11.5 Å². The number of rotatable bonds is 4. The largest absolute Gasteiger partial charge is 0.382 e. The Kier molecular flexibility index (Phi) is 6.22. The van der Waals surface area contributed by atoms with Crippen molar-refractivity contribution in [2.75, 3.05) is 5.73 Å². The van der Waals surface area contributed by atoms with Crippen LogP contribution in [0.1, 0.15) is 36.1 Å². The van der Waals surface area contributed by atoms with E-state index >= 15 is 0 Å². The molecule has 4 aromatic rings. The van der Waals surface area contributed by atoms with Crippen LogP contribution in [-0.4, -0.2) is 9.97 Å². The van der Waals surface area contributed by atoms with Gasteiger partial charge in [-0.05, 0) is 54.2 Å². The first-order chi connectivity index (χ1) is 13.6. The molecule has 0 aliphatic carbocycles. The Morgan fingerprint density at radius 2 is 1.50 bits per heavy atom. The quantitative estimate of drug-likeness (QED) is 0.497. The maximum absolute atomic E-state index is 6.13. The van der Waals surface area contributed by atoms with Gasteiger partial charge in [0.25, 0.3) is 0 Å². The fraction of sp³-hybridized carbons (Fsp3) is 0.250. The molecule has 4 nitrogen and oxygen atoms in total. The van der Waals surface area contributed by atoms with Gasteiger partial charge in [0.1, 0.15) is 5.52 Å². The maximum Gasteiger partial charge on any atom is 0.150 e. The van der Waals surface area contributed by atoms with Crippen LogP contribution in [-0.2, 0) is 19.4 Å². The van der Waals surface area contributed by atoms with Gasteiger partial charge in [0.2, 0.25) is 0 Å². The Bertz CT molecular complexity index is 1090. The van der Waals surface area contributed by atoms with Gasteiger partial charge < -0.3 is 11.5 Å². The lowest BCUT2D eigenvalue weighted by atomic mass is 10.0. The molecule has 0 saturated heterocycles. The van der Waals surface area contributed by atoms with Crippen molar-refractivity contribution in [1.29, 1.82) is 0 Å². The zero-order valence-electron chi connectivity index (χ0n) is 16.9. The number of fused-ring (bicyclic) bond motifs is 3. The fourth-order valence-electron chi connectivity index (χ4n) is 3.33. The molecule has 144 valence electrons. The van der Waals surface area contributed by atoms with Crippen LogP contribution in [0.3, 0.4) is 0 Å². The Balaban J connectivity index is 0.00000109. The minimum absolute atomic E-state index is 0.488. The monoisotopic (exact) mass is 372 g/mol. The molecule has 0 radical (unpaired) electrons. The first-order valence-electron chi connectivity index (χ1n) is 9.86. The van der Waals surface area contributed by atoms with Crippen molar-refractivity contribution in [3.8, 4) is 0 Å². The first-order valence-corrected chi connectivity index (χ1v) is 9.86. The standard InChI is InChI=1S/C22H22N4.C2H6/c1-14-2-9-18-19-11-17(8-5-15-3-6-16(12-23)7-4-15)13-25-21(19)22(24)26-20(18)10-14;1-2/h2-4,6-7,9-11,13H,5,8,12,23H2,1H3,(H2,24,26);1-2H3. The number of nitrogens with two attached hydrogens (primary N) is 2. The summed E-state index contributed by atoms with van der Waals surface area (Å²) < 4.78 is 0. The van der Waals surface area contributed by atoms with E-state index in [1.807, 2.05) is 20.0 Å². The molecule has 28 heavy (non-hydrogen) atoms. The average molecular weight is 373 g/mol. The lowest BCUT2D eigenvalue weighted by Gasteiger charge is -2.09. The number of hydrogen-bond acceptors (Lipinski definition) is 4. The minimum Gasteiger partial charge on any atom is -0.382 e. The number of anilines is 1. The molecule has 2 aromatic carbocycles. The second-order valence-electron chi connectivity index (χ2n) is 6.78. The van der Waals surface area contributed by atoms with Crippen LogP contribution in [0.2, 0.25) is 0 Å². The number of hydrogen-bond donors (Lipinski definition) is 2. The molecule has 0 aliphatic heterocycles. The summed E-state index contributed by atoms with van der Waals surface area (Å²) in [6, 6.07) is 17.0. The lowest BCUT2D eigenvalue weighted by molar-refractivity contribution is 0.950. The predicted molar refractivity (Wildman–Crippen MR) is 119 cm³/mol. The van der Waals surface area contributed by atoms with E-state index in [2.05, 4.69) is 65.4 Å². The van der Waals surface area contributed by atoms with E-state index in [9.17, 15) is 0 Å². The molecular weight excluding hydrogens is 344 g/mol. The zero-order valence-corrected chi connectivity index (χ0v) is 16.9. The first kappa shape index (κ1) is 19.8. The number of aryl methyl sites for hydroxylation is 3. The summed E-state index contributed by atoms with van der Waals surface area (Å²) in [4.78, 5) is 9.10. The molecule has 2 aromatic heterocycles. The van der Waals surface area contributed by atoms with E-state index in [0.717, 1.165) is 40.2 Å². The molecule has 0 fully saturated rings. The van der Waals surface area contributed by atoms with Crippen LogP contribution in [0.15, 0.2) is 54.7 Å². The van der Waals surface area contributed by atoms with Crippen LogP contribution < -0.4 is 11.5 Å². The summed E-state index contributed by atoms with van der Waals surface area (Å²) in [5.41, 5.74) is 18.3. The van der Waals surface area contributed by atoms with Crippen molar-refractivity contribution >= 4 is 27.6 Å². The predicted octanol–water partition coefficient (Wildman–Crippen LogP) is 4.94. The molecule has 0 amide bonds. The van der Waals surface area contributed by atoms with Gasteiger partial charge in [-0.25, -0.2) is 4.98 Å². The third kappa shape index (κ3) is 4.12. The Morgan fingerprint density at radius 1 is 0.821 bits per heavy atom. The number of aromatic nitrogens is 2. The summed E-state index contributed by atoms with van der Waals surface area (Å²) in [5.74, 6) is 0.488. The van der Waals surface area contributed by atoms with Gasteiger partial charge in [0.15, 0.2) is 5.82 Å². The van der Waals surface area contributed by atoms with Gasteiger partial charge in [0, 0.05) is 23.5 Å². The summed E-state index contributed by atoms with van der Waals surface area (Å²) >= 11 is 0. The average Bonchev–Trinajstić information content (AvgIpc) is 2.74. The van der Waals surface area contributed by atoms with Crippen molar-refractivity contribution in [3.05, 3.63) is 77.0 Å². The Labute approximate surface area is 166 Å². The van der Waals surface area contributed by atoms with E-state index in [0.29, 0.717) is 12.4 Å². The van der Waals surface area contributed by atoms with Crippen molar-refractivity contribution in [3.63, 3.8) is 0 Å². The molecule has 4 rings (SSSR count). The highest BCUT2D eigenvalue weighted by molar-refractivity contribution is 6.08. The third-order valence-corrected chi connectivity index (χ3v) is 4.83. The topological polar surface area (TPSA) is 77.8 Å². The summed E-state index contributed by atoms with van der Waals surface area (Å²) in [5, 5.41) is 2.17. The SMILES string of the molecule is CC.Cc1ccc2c(c1)nc(N)c1ncc(CCc3ccc(CN)cc3)cc12. The van der Waals surface area contributed by atoms with Crippen molar-refractivity contribution in [1.82, 2.24) is 9.97 Å². The van der Waals surface area contributed by atoms with Crippen LogP contribution in [0.4, 0.5) is 5.82 Å². The van der Waals surface area contributed by atoms with Crippen LogP contribution in [0.5, 0.6) is 0 Å². The highest BCUT2D eigenvalue weighted by Crippen LogP contribution is 2.28. The van der Waals surface area contributed by atoms with E-state index in [1.54, 1.807) is 0 Å². The van der Waals surface area contributed by atoms with E-state index in [-0.39, 0.29) is 0 Å². The molecule has 4 N–H and O–H groups in total. The summed E-state index contributed by atoms with van der Waals surface area (Å²) in [7, 11) is 0. The number of nitrogen functional groups attached to an aromatic ring is 1. The summed E-state index contributed by atoms with van der Waals surface area (Å²) in [6.07, 6.45) is 3.81. The van der Waals surface area contributed by atoms with Gasteiger partial charge in [-0.2, -0.15) is 0 Å². The Hall–Kier alpha value is -2.98. The maximum atomic E-state index is 6.13. The normalized spacial score (nSPS) is 10.7. The minimum atomic E-state index is 0.488. The molecule has 0 spiro atoms. The third-order valence-electron chi connectivity index (χ3n) is 4.83. The lowest BCUT2D eigenvalue weighted by Crippen LogP contribution is -1.99. The van der Waals surface area contributed by atoms with Crippen LogP contribution in [0, 0.1) is 6.92 Å². The summed E-state index contributed by atoms with van der Waals surface area (Å²) in [6.45, 7) is 6.64. The van der Waals surface area contributed by atoms with Gasteiger partial charge in [-0.3, -0.25) is 4.98 Å². The van der Waals surface area contributed by atoms with E-state index in [1.165, 1.54) is 16.7 Å². The smallest absolute Gasteiger partial charge is 0.150 e. The molecule has 0 unspecified atom stereocenters. The molecule has 0 saturated carbocycles. The molecule has 0 aliphatic rings. The fourth-order valence-corrected chi connectivity index (χ4v) is 3.33. The molecule has 2 heterocycles.